The molecule has 3 heterocycles. The molecule has 0 fully saturated rings. The summed E-state index contributed by atoms with van der Waals surface area (Å²) in [6, 6.07) is 5.39. The number of carbonyl (C=O) groups is 2. The minimum atomic E-state index is -0.803. The van der Waals surface area contributed by atoms with E-state index in [9.17, 15) is 9.59 Å². The summed E-state index contributed by atoms with van der Waals surface area (Å²) in [6.45, 7) is 11.5. The summed E-state index contributed by atoms with van der Waals surface area (Å²) < 4.78 is 0. The van der Waals surface area contributed by atoms with Crippen molar-refractivity contribution in [3.63, 3.8) is 0 Å². The van der Waals surface area contributed by atoms with E-state index in [4.69, 9.17) is 0 Å². The lowest BCUT2D eigenvalue weighted by atomic mass is 9.89. The molecule has 0 aromatic carbocycles. The van der Waals surface area contributed by atoms with Crippen LogP contribution in [0, 0.1) is 11.8 Å². The molecule has 1 aromatic rings. The van der Waals surface area contributed by atoms with E-state index in [1.165, 1.54) is 0 Å². The van der Waals surface area contributed by atoms with Crippen LogP contribution in [0.2, 0.25) is 0 Å². The Morgan fingerprint density at radius 3 is 1.50 bits per heavy atom. The van der Waals surface area contributed by atoms with E-state index in [0.29, 0.717) is 23.1 Å². The van der Waals surface area contributed by atoms with Crippen molar-refractivity contribution in [3.05, 3.63) is 29.6 Å². The summed E-state index contributed by atoms with van der Waals surface area (Å²) in [6.07, 6.45) is 0. The maximum absolute atomic E-state index is 12.3. The fourth-order valence-electron chi connectivity index (χ4n) is 2.81. The molecule has 0 saturated heterocycles. The standard InChI is InChI=1S/C19H25N5O2/c1-10(2)18(5)16(25)21-14(23-18)12-8-7-9-13(20-12)15-22-17(26)19(6,24-15)11(3)4/h7-11H,1-6H3,(H,21,23,25)(H,22,24,26). The van der Waals surface area contributed by atoms with E-state index in [2.05, 4.69) is 25.6 Å². The molecule has 2 amide bonds. The van der Waals surface area contributed by atoms with Gasteiger partial charge in [-0.25, -0.2) is 15.0 Å². The smallest absolute Gasteiger partial charge is 0.253 e. The van der Waals surface area contributed by atoms with Crippen LogP contribution in [0.3, 0.4) is 0 Å². The highest BCUT2D eigenvalue weighted by Gasteiger charge is 2.43. The van der Waals surface area contributed by atoms with E-state index < -0.39 is 11.1 Å². The Labute approximate surface area is 153 Å². The predicted octanol–water partition coefficient (Wildman–Crippen LogP) is 1.66. The van der Waals surface area contributed by atoms with Gasteiger partial charge < -0.3 is 10.6 Å². The van der Waals surface area contributed by atoms with Gasteiger partial charge in [-0.05, 0) is 37.8 Å². The zero-order valence-corrected chi connectivity index (χ0v) is 16.0. The number of rotatable bonds is 4. The van der Waals surface area contributed by atoms with Crippen LogP contribution in [-0.4, -0.2) is 39.5 Å². The van der Waals surface area contributed by atoms with Crippen molar-refractivity contribution in [2.24, 2.45) is 21.8 Å². The highest BCUT2D eigenvalue weighted by molar-refractivity contribution is 6.16. The quantitative estimate of drug-likeness (QED) is 0.860. The second kappa shape index (κ2) is 6.00. The molecular formula is C19H25N5O2. The molecule has 0 radical (unpaired) electrons. The van der Waals surface area contributed by atoms with Gasteiger partial charge >= 0.3 is 0 Å². The van der Waals surface area contributed by atoms with Gasteiger partial charge in [-0.15, -0.1) is 0 Å². The first kappa shape index (κ1) is 18.2. The number of hydrogen-bond acceptors (Lipinski definition) is 5. The molecule has 3 rings (SSSR count). The fraction of sp³-hybridized carbons (Fsp3) is 0.526. The van der Waals surface area contributed by atoms with Crippen molar-refractivity contribution < 1.29 is 9.59 Å². The summed E-state index contributed by atoms with van der Waals surface area (Å²) in [5, 5.41) is 5.65. The molecule has 2 atom stereocenters. The van der Waals surface area contributed by atoms with E-state index in [-0.39, 0.29) is 23.7 Å². The summed E-state index contributed by atoms with van der Waals surface area (Å²) in [4.78, 5) is 38.4. The van der Waals surface area contributed by atoms with Crippen molar-refractivity contribution in [2.45, 2.75) is 52.6 Å². The van der Waals surface area contributed by atoms with Crippen LogP contribution in [0.25, 0.3) is 0 Å². The van der Waals surface area contributed by atoms with Crippen LogP contribution in [0.5, 0.6) is 0 Å². The van der Waals surface area contributed by atoms with Gasteiger partial charge in [0.15, 0.2) is 11.7 Å². The molecule has 0 aliphatic carbocycles. The molecule has 2 aliphatic heterocycles. The number of nitrogens with zero attached hydrogens (tertiary/aromatic N) is 3. The Balaban J connectivity index is 1.96. The maximum atomic E-state index is 12.3. The van der Waals surface area contributed by atoms with Crippen LogP contribution < -0.4 is 10.6 Å². The number of aromatic nitrogens is 1. The van der Waals surface area contributed by atoms with Crippen LogP contribution in [0.15, 0.2) is 28.2 Å². The van der Waals surface area contributed by atoms with E-state index in [0.717, 1.165) is 0 Å². The Hall–Kier alpha value is -2.57. The number of amides is 2. The summed E-state index contributed by atoms with van der Waals surface area (Å²) >= 11 is 0. The van der Waals surface area contributed by atoms with Crippen LogP contribution in [0.4, 0.5) is 0 Å². The van der Waals surface area contributed by atoms with E-state index in [1.807, 2.05) is 47.6 Å². The number of carbonyl (C=O) groups excluding carboxylic acids is 2. The lowest BCUT2D eigenvalue weighted by Gasteiger charge is -2.21. The molecule has 1 aromatic heterocycles. The topological polar surface area (TPSA) is 95.8 Å². The van der Waals surface area contributed by atoms with Gasteiger partial charge in [0.25, 0.3) is 11.8 Å². The van der Waals surface area contributed by atoms with Gasteiger partial charge in [0, 0.05) is 0 Å². The van der Waals surface area contributed by atoms with Crippen molar-refractivity contribution in [1.29, 1.82) is 0 Å². The minimum Gasteiger partial charge on any atom is -0.307 e. The molecule has 2 N–H and O–H groups in total. The third kappa shape index (κ3) is 2.71. The van der Waals surface area contributed by atoms with Gasteiger partial charge in [0.2, 0.25) is 0 Å². The van der Waals surface area contributed by atoms with Crippen molar-refractivity contribution >= 4 is 23.5 Å². The molecule has 7 heteroatoms. The molecule has 0 saturated carbocycles. The fourth-order valence-corrected chi connectivity index (χ4v) is 2.81. The summed E-state index contributed by atoms with van der Waals surface area (Å²) in [5.41, 5.74) is -0.504. The Morgan fingerprint density at radius 1 is 0.808 bits per heavy atom. The Morgan fingerprint density at radius 2 is 1.19 bits per heavy atom. The van der Waals surface area contributed by atoms with Crippen molar-refractivity contribution in [1.82, 2.24) is 15.6 Å². The van der Waals surface area contributed by atoms with E-state index >= 15 is 0 Å². The largest absolute Gasteiger partial charge is 0.307 e. The van der Waals surface area contributed by atoms with Gasteiger partial charge in [-0.1, -0.05) is 33.8 Å². The monoisotopic (exact) mass is 355 g/mol. The first-order valence-corrected chi connectivity index (χ1v) is 8.88. The average Bonchev–Trinajstić information content (AvgIpc) is 3.07. The first-order chi connectivity index (χ1) is 12.1. The minimum absolute atomic E-state index is 0.0634. The molecular weight excluding hydrogens is 330 g/mol. The predicted molar refractivity (Wildman–Crippen MR) is 100 cm³/mol. The normalized spacial score (nSPS) is 28.3. The number of nitrogens with one attached hydrogen (secondary N) is 2. The lowest BCUT2D eigenvalue weighted by molar-refractivity contribution is -0.125. The molecule has 138 valence electrons. The zero-order chi connectivity index (χ0) is 19.3. The number of hydrogen-bond donors (Lipinski definition) is 2. The number of amidine groups is 2. The second-order valence-corrected chi connectivity index (χ2v) is 7.84. The molecule has 7 nitrogen and oxygen atoms in total. The van der Waals surface area contributed by atoms with Gasteiger partial charge in [-0.2, -0.15) is 0 Å². The third-order valence-electron chi connectivity index (χ3n) is 5.55. The first-order valence-electron chi connectivity index (χ1n) is 8.88. The summed E-state index contributed by atoms with van der Waals surface area (Å²) in [7, 11) is 0. The van der Waals surface area contributed by atoms with E-state index in [1.54, 1.807) is 12.1 Å². The van der Waals surface area contributed by atoms with Gasteiger partial charge in [0.05, 0.1) is 0 Å². The maximum Gasteiger partial charge on any atom is 0.253 e. The van der Waals surface area contributed by atoms with Crippen LogP contribution in [-0.2, 0) is 9.59 Å². The van der Waals surface area contributed by atoms with Gasteiger partial charge in [-0.3, -0.25) is 9.59 Å². The highest BCUT2D eigenvalue weighted by Crippen LogP contribution is 2.28. The van der Waals surface area contributed by atoms with Crippen LogP contribution in [0.1, 0.15) is 52.9 Å². The van der Waals surface area contributed by atoms with Gasteiger partial charge in [0.1, 0.15) is 22.5 Å². The Kier molecular flexibility index (Phi) is 4.21. The molecule has 2 unspecified atom stereocenters. The second-order valence-electron chi connectivity index (χ2n) is 7.84. The van der Waals surface area contributed by atoms with Crippen molar-refractivity contribution in [2.75, 3.05) is 0 Å². The zero-order valence-electron chi connectivity index (χ0n) is 16.0. The average molecular weight is 355 g/mol. The summed E-state index contributed by atoms with van der Waals surface area (Å²) in [5.74, 6) is 0.762. The highest BCUT2D eigenvalue weighted by atomic mass is 16.2. The number of aliphatic imine (C=N–C) groups is 2. The van der Waals surface area contributed by atoms with Crippen LogP contribution >= 0.6 is 0 Å². The third-order valence-corrected chi connectivity index (χ3v) is 5.55. The molecule has 0 spiro atoms. The van der Waals surface area contributed by atoms with Crippen molar-refractivity contribution in [3.8, 4) is 0 Å². The molecule has 26 heavy (non-hydrogen) atoms. The molecule has 0 bridgehead atoms. The molecule has 2 aliphatic rings. The Bertz CT molecular complexity index is 777. The lowest BCUT2D eigenvalue weighted by Crippen LogP contribution is -2.41. The SMILES string of the molecule is CC(C)C1(C)N=C(c2cccc(C3=NC(C)(C(C)C)C(=O)N3)n2)NC1=O. The number of pyridine rings is 1.